The molecule has 1 aliphatic rings. The molecule has 1 fully saturated rings. The predicted molar refractivity (Wildman–Crippen MR) is 76.6 cm³/mol. The van der Waals surface area contributed by atoms with Crippen molar-refractivity contribution in [3.05, 3.63) is 16.6 Å². The molecule has 0 saturated heterocycles. The maximum absolute atomic E-state index is 12.2. The van der Waals surface area contributed by atoms with Crippen molar-refractivity contribution in [2.24, 2.45) is 17.8 Å². The average molecular weight is 296 g/mol. The van der Waals surface area contributed by atoms with Crippen LogP contribution in [0.3, 0.4) is 0 Å². The Bertz CT molecular complexity index is 475. The van der Waals surface area contributed by atoms with E-state index in [0.717, 1.165) is 5.01 Å². The molecule has 1 heterocycles. The van der Waals surface area contributed by atoms with Crippen LogP contribution in [0.2, 0.25) is 0 Å². The van der Waals surface area contributed by atoms with Crippen LogP contribution < -0.4 is 5.32 Å². The summed E-state index contributed by atoms with van der Waals surface area (Å²) in [4.78, 5) is 27.6. The number of aromatic nitrogens is 1. The normalized spacial score (nSPS) is 27.2. The molecule has 0 bridgehead atoms. The van der Waals surface area contributed by atoms with Gasteiger partial charge in [-0.25, -0.2) is 4.98 Å². The van der Waals surface area contributed by atoms with E-state index in [1.54, 1.807) is 17.5 Å². The highest BCUT2D eigenvalue weighted by atomic mass is 32.1. The number of nitrogens with zero attached hydrogens (tertiary/aromatic N) is 1. The second-order valence-corrected chi connectivity index (χ2v) is 6.57. The molecule has 20 heavy (non-hydrogen) atoms. The number of carboxylic acid groups (broad SMARTS) is 1. The standard InChI is InChI=1S/C14H20N2O3S/c1-8-5-10(11(6-8)14(18)19)12(17)16-7-9(2)13-15-3-4-20-13/h3-4,8-11H,5-7H2,1-2H3,(H,16,17)(H,18,19). The molecule has 2 rings (SSSR count). The third kappa shape index (κ3) is 3.36. The first-order valence-electron chi connectivity index (χ1n) is 6.89. The first kappa shape index (κ1) is 15.0. The lowest BCUT2D eigenvalue weighted by atomic mass is 9.95. The number of rotatable bonds is 5. The van der Waals surface area contributed by atoms with Crippen molar-refractivity contribution in [3.63, 3.8) is 0 Å². The summed E-state index contributed by atoms with van der Waals surface area (Å²) in [6, 6.07) is 0. The van der Waals surface area contributed by atoms with Gasteiger partial charge in [0.1, 0.15) is 0 Å². The summed E-state index contributed by atoms with van der Waals surface area (Å²) in [7, 11) is 0. The Kier molecular flexibility index (Phi) is 4.75. The summed E-state index contributed by atoms with van der Waals surface area (Å²) >= 11 is 1.56. The van der Waals surface area contributed by atoms with Gasteiger partial charge in [0.05, 0.1) is 16.8 Å². The molecule has 0 spiro atoms. The van der Waals surface area contributed by atoms with Gasteiger partial charge in [-0.3, -0.25) is 9.59 Å². The number of thiazole rings is 1. The van der Waals surface area contributed by atoms with E-state index in [2.05, 4.69) is 10.3 Å². The van der Waals surface area contributed by atoms with Crippen molar-refractivity contribution in [1.82, 2.24) is 10.3 Å². The zero-order chi connectivity index (χ0) is 14.7. The topological polar surface area (TPSA) is 79.3 Å². The van der Waals surface area contributed by atoms with Gasteiger partial charge in [-0.2, -0.15) is 0 Å². The van der Waals surface area contributed by atoms with Gasteiger partial charge in [-0.1, -0.05) is 13.8 Å². The maximum Gasteiger partial charge on any atom is 0.307 e. The van der Waals surface area contributed by atoms with Crippen LogP contribution in [0.25, 0.3) is 0 Å². The molecular formula is C14H20N2O3S. The molecule has 110 valence electrons. The number of hydrogen-bond donors (Lipinski definition) is 2. The SMILES string of the molecule is CC1CC(C(=O)O)C(C(=O)NCC(C)c2nccs2)C1. The van der Waals surface area contributed by atoms with Crippen LogP contribution >= 0.6 is 11.3 Å². The van der Waals surface area contributed by atoms with Gasteiger partial charge in [0, 0.05) is 24.0 Å². The molecular weight excluding hydrogens is 276 g/mol. The number of carbonyl (C=O) groups excluding carboxylic acids is 1. The zero-order valence-corrected chi connectivity index (χ0v) is 12.5. The Morgan fingerprint density at radius 3 is 2.80 bits per heavy atom. The summed E-state index contributed by atoms with van der Waals surface area (Å²) in [6.07, 6.45) is 3.00. The van der Waals surface area contributed by atoms with E-state index < -0.39 is 17.8 Å². The van der Waals surface area contributed by atoms with E-state index in [1.165, 1.54) is 0 Å². The van der Waals surface area contributed by atoms with Gasteiger partial charge < -0.3 is 10.4 Å². The first-order valence-corrected chi connectivity index (χ1v) is 7.77. The van der Waals surface area contributed by atoms with Gasteiger partial charge in [0.2, 0.25) is 5.91 Å². The van der Waals surface area contributed by atoms with E-state index in [1.807, 2.05) is 19.2 Å². The van der Waals surface area contributed by atoms with E-state index in [0.29, 0.717) is 25.3 Å². The third-order valence-electron chi connectivity index (χ3n) is 3.91. The first-order chi connectivity index (χ1) is 9.49. The van der Waals surface area contributed by atoms with E-state index >= 15 is 0 Å². The van der Waals surface area contributed by atoms with Crippen molar-refractivity contribution in [3.8, 4) is 0 Å². The van der Waals surface area contributed by atoms with Crippen molar-refractivity contribution in [2.45, 2.75) is 32.6 Å². The molecule has 0 aromatic carbocycles. The van der Waals surface area contributed by atoms with Gasteiger partial charge in [-0.05, 0) is 18.8 Å². The molecule has 0 aliphatic heterocycles. The summed E-state index contributed by atoms with van der Waals surface area (Å²) < 4.78 is 0. The number of amides is 1. The highest BCUT2D eigenvalue weighted by molar-refractivity contribution is 7.09. The minimum Gasteiger partial charge on any atom is -0.481 e. The van der Waals surface area contributed by atoms with Crippen molar-refractivity contribution >= 4 is 23.2 Å². The van der Waals surface area contributed by atoms with Crippen LogP contribution in [-0.2, 0) is 9.59 Å². The molecule has 1 amide bonds. The Balaban J connectivity index is 1.89. The van der Waals surface area contributed by atoms with Gasteiger partial charge >= 0.3 is 5.97 Å². The molecule has 1 aromatic heterocycles. The number of aliphatic carboxylic acids is 1. The van der Waals surface area contributed by atoms with Crippen LogP contribution in [0, 0.1) is 17.8 Å². The van der Waals surface area contributed by atoms with Crippen LogP contribution in [0.1, 0.15) is 37.6 Å². The molecule has 4 unspecified atom stereocenters. The molecule has 0 radical (unpaired) electrons. The monoisotopic (exact) mass is 296 g/mol. The Morgan fingerprint density at radius 1 is 1.50 bits per heavy atom. The van der Waals surface area contributed by atoms with Gasteiger partial charge in [-0.15, -0.1) is 11.3 Å². The Labute approximate surface area is 122 Å². The summed E-state index contributed by atoms with van der Waals surface area (Å²) in [6.45, 7) is 4.51. The molecule has 1 aromatic rings. The summed E-state index contributed by atoms with van der Waals surface area (Å²) in [5.74, 6) is -1.48. The highest BCUT2D eigenvalue weighted by Gasteiger charge is 2.41. The fraction of sp³-hybridized carbons (Fsp3) is 0.643. The minimum atomic E-state index is -0.859. The summed E-state index contributed by atoms with van der Waals surface area (Å²) in [5, 5.41) is 15.0. The quantitative estimate of drug-likeness (QED) is 0.872. The highest BCUT2D eigenvalue weighted by Crippen LogP contribution is 2.36. The predicted octanol–water partition coefficient (Wildman–Crippen LogP) is 2.11. The second-order valence-electron chi connectivity index (χ2n) is 5.64. The lowest BCUT2D eigenvalue weighted by molar-refractivity contribution is -0.146. The zero-order valence-electron chi connectivity index (χ0n) is 11.7. The largest absolute Gasteiger partial charge is 0.481 e. The van der Waals surface area contributed by atoms with Crippen molar-refractivity contribution in [2.75, 3.05) is 6.54 Å². The Morgan fingerprint density at radius 2 is 2.20 bits per heavy atom. The average Bonchev–Trinajstić information content (AvgIpc) is 3.04. The van der Waals surface area contributed by atoms with Gasteiger partial charge in [0.15, 0.2) is 0 Å². The smallest absolute Gasteiger partial charge is 0.307 e. The molecule has 1 saturated carbocycles. The van der Waals surface area contributed by atoms with E-state index in [4.69, 9.17) is 0 Å². The van der Waals surface area contributed by atoms with E-state index in [-0.39, 0.29) is 11.8 Å². The maximum atomic E-state index is 12.2. The fourth-order valence-electron chi connectivity index (χ4n) is 2.80. The summed E-state index contributed by atoms with van der Waals surface area (Å²) in [5.41, 5.74) is 0. The molecule has 1 aliphatic carbocycles. The van der Waals surface area contributed by atoms with E-state index in [9.17, 15) is 14.7 Å². The number of carboxylic acids is 1. The fourth-order valence-corrected chi connectivity index (χ4v) is 3.50. The van der Waals surface area contributed by atoms with Gasteiger partial charge in [0.25, 0.3) is 0 Å². The second kappa shape index (κ2) is 6.35. The molecule has 4 atom stereocenters. The number of carbonyl (C=O) groups is 2. The van der Waals surface area contributed by atoms with Crippen molar-refractivity contribution in [1.29, 1.82) is 0 Å². The molecule has 2 N–H and O–H groups in total. The number of nitrogens with one attached hydrogen (secondary N) is 1. The number of hydrogen-bond acceptors (Lipinski definition) is 4. The van der Waals surface area contributed by atoms with Crippen LogP contribution in [0.4, 0.5) is 0 Å². The molecule has 5 nitrogen and oxygen atoms in total. The van der Waals surface area contributed by atoms with Crippen LogP contribution in [0.5, 0.6) is 0 Å². The molecule has 6 heteroatoms. The lowest BCUT2D eigenvalue weighted by Crippen LogP contribution is -2.37. The Hall–Kier alpha value is -1.43. The van der Waals surface area contributed by atoms with Crippen LogP contribution in [-0.4, -0.2) is 28.5 Å². The van der Waals surface area contributed by atoms with Crippen LogP contribution in [0.15, 0.2) is 11.6 Å². The van der Waals surface area contributed by atoms with Crippen molar-refractivity contribution < 1.29 is 14.7 Å². The third-order valence-corrected chi connectivity index (χ3v) is 4.91. The minimum absolute atomic E-state index is 0.134. The lowest BCUT2D eigenvalue weighted by Gasteiger charge is -2.17.